The molecule has 1 atom stereocenters. The van der Waals surface area contributed by atoms with Gasteiger partial charge in [0, 0.05) is 13.2 Å². The summed E-state index contributed by atoms with van der Waals surface area (Å²) in [4.78, 5) is 0. The van der Waals surface area contributed by atoms with Crippen molar-refractivity contribution < 1.29 is 18.3 Å². The van der Waals surface area contributed by atoms with E-state index in [0.717, 1.165) is 6.42 Å². The van der Waals surface area contributed by atoms with Crippen LogP contribution in [-0.2, 0) is 11.2 Å². The van der Waals surface area contributed by atoms with Gasteiger partial charge in [-0.25, -0.2) is 8.78 Å². The average molecular weight is 245 g/mol. The molecule has 0 saturated heterocycles. The van der Waals surface area contributed by atoms with Crippen LogP contribution in [0.2, 0.25) is 0 Å². The minimum Gasteiger partial charge on any atom is -0.461 e. The van der Waals surface area contributed by atoms with Crippen molar-refractivity contribution in [2.75, 3.05) is 13.9 Å². The van der Waals surface area contributed by atoms with Gasteiger partial charge in [-0.2, -0.15) is 0 Å². The maximum atomic E-state index is 13.5. The molecule has 0 saturated carbocycles. The molecule has 5 heteroatoms. The number of benzene rings is 1. The molecular weight excluding hydrogens is 228 g/mol. The molecule has 96 valence electrons. The SMILES string of the molecule is CCC(N)Cc1cc(F)c(OCOC)c(F)c1. The summed E-state index contributed by atoms with van der Waals surface area (Å²) >= 11 is 0. The van der Waals surface area contributed by atoms with Crippen LogP contribution in [-0.4, -0.2) is 19.9 Å². The molecule has 0 aliphatic heterocycles. The lowest BCUT2D eigenvalue weighted by Gasteiger charge is -2.11. The van der Waals surface area contributed by atoms with Crippen molar-refractivity contribution in [2.45, 2.75) is 25.8 Å². The van der Waals surface area contributed by atoms with Gasteiger partial charge in [-0.05, 0) is 30.5 Å². The van der Waals surface area contributed by atoms with E-state index in [1.165, 1.54) is 19.2 Å². The van der Waals surface area contributed by atoms with E-state index >= 15 is 0 Å². The molecule has 0 heterocycles. The van der Waals surface area contributed by atoms with Crippen LogP contribution in [0.1, 0.15) is 18.9 Å². The molecule has 0 radical (unpaired) electrons. The standard InChI is InChI=1S/C12H17F2NO2/c1-3-9(15)4-8-5-10(13)12(11(14)6-8)17-7-16-2/h5-6,9H,3-4,7,15H2,1-2H3. The number of halogens is 2. The fourth-order valence-corrected chi connectivity index (χ4v) is 1.43. The van der Waals surface area contributed by atoms with E-state index in [0.29, 0.717) is 12.0 Å². The highest BCUT2D eigenvalue weighted by Crippen LogP contribution is 2.24. The van der Waals surface area contributed by atoms with Gasteiger partial charge < -0.3 is 15.2 Å². The second-order valence-electron chi connectivity index (χ2n) is 3.81. The van der Waals surface area contributed by atoms with Gasteiger partial charge in [0.1, 0.15) is 0 Å². The summed E-state index contributed by atoms with van der Waals surface area (Å²) in [6.07, 6.45) is 1.19. The molecule has 0 aliphatic carbocycles. The van der Waals surface area contributed by atoms with Crippen LogP contribution in [0.15, 0.2) is 12.1 Å². The first kappa shape index (κ1) is 13.9. The zero-order chi connectivity index (χ0) is 12.8. The third-order valence-electron chi connectivity index (χ3n) is 2.40. The van der Waals surface area contributed by atoms with E-state index in [9.17, 15) is 8.78 Å². The molecule has 0 amide bonds. The van der Waals surface area contributed by atoms with Gasteiger partial charge in [0.25, 0.3) is 0 Å². The Hall–Kier alpha value is -1.20. The van der Waals surface area contributed by atoms with Crippen LogP contribution in [0.4, 0.5) is 8.78 Å². The van der Waals surface area contributed by atoms with E-state index in [4.69, 9.17) is 10.5 Å². The molecule has 1 unspecified atom stereocenters. The lowest BCUT2D eigenvalue weighted by atomic mass is 10.0. The van der Waals surface area contributed by atoms with Crippen molar-refractivity contribution in [1.82, 2.24) is 0 Å². The van der Waals surface area contributed by atoms with Gasteiger partial charge in [-0.15, -0.1) is 0 Å². The summed E-state index contributed by atoms with van der Waals surface area (Å²) in [6.45, 7) is 1.73. The summed E-state index contributed by atoms with van der Waals surface area (Å²) in [7, 11) is 1.38. The van der Waals surface area contributed by atoms with Crippen molar-refractivity contribution in [3.8, 4) is 5.75 Å². The number of ether oxygens (including phenoxy) is 2. The summed E-state index contributed by atoms with van der Waals surface area (Å²) in [6, 6.07) is 2.38. The Morgan fingerprint density at radius 1 is 1.29 bits per heavy atom. The van der Waals surface area contributed by atoms with E-state index in [1.54, 1.807) is 0 Å². The highest BCUT2D eigenvalue weighted by molar-refractivity contribution is 5.31. The Morgan fingerprint density at radius 3 is 2.35 bits per heavy atom. The molecule has 0 bridgehead atoms. The van der Waals surface area contributed by atoms with Crippen molar-refractivity contribution in [2.24, 2.45) is 5.73 Å². The van der Waals surface area contributed by atoms with Crippen LogP contribution in [0.3, 0.4) is 0 Å². The zero-order valence-electron chi connectivity index (χ0n) is 10.0. The van der Waals surface area contributed by atoms with E-state index in [1.807, 2.05) is 6.92 Å². The molecule has 0 aromatic heterocycles. The number of nitrogens with two attached hydrogens (primary N) is 1. The maximum absolute atomic E-state index is 13.5. The highest BCUT2D eigenvalue weighted by atomic mass is 19.1. The largest absolute Gasteiger partial charge is 0.461 e. The summed E-state index contributed by atoms with van der Waals surface area (Å²) < 4.78 is 36.4. The van der Waals surface area contributed by atoms with Crippen LogP contribution in [0, 0.1) is 11.6 Å². The highest BCUT2D eigenvalue weighted by Gasteiger charge is 2.13. The van der Waals surface area contributed by atoms with Crippen molar-refractivity contribution in [1.29, 1.82) is 0 Å². The maximum Gasteiger partial charge on any atom is 0.193 e. The molecule has 0 fully saturated rings. The fourth-order valence-electron chi connectivity index (χ4n) is 1.43. The molecular formula is C12H17F2NO2. The van der Waals surface area contributed by atoms with Crippen LogP contribution in [0.5, 0.6) is 5.75 Å². The molecule has 0 aliphatic rings. The molecule has 1 rings (SSSR count). The average Bonchev–Trinajstić information content (AvgIpc) is 2.28. The van der Waals surface area contributed by atoms with Gasteiger partial charge in [0.15, 0.2) is 24.2 Å². The third-order valence-corrected chi connectivity index (χ3v) is 2.40. The smallest absolute Gasteiger partial charge is 0.193 e. The van der Waals surface area contributed by atoms with Crippen molar-refractivity contribution >= 4 is 0 Å². The Morgan fingerprint density at radius 2 is 1.88 bits per heavy atom. The first-order chi connectivity index (χ1) is 8.08. The Bertz CT molecular complexity index is 349. The number of hydrogen-bond donors (Lipinski definition) is 1. The first-order valence-electron chi connectivity index (χ1n) is 5.43. The van der Waals surface area contributed by atoms with Crippen molar-refractivity contribution in [3.05, 3.63) is 29.3 Å². The lowest BCUT2D eigenvalue weighted by molar-refractivity contribution is 0.0452. The number of hydrogen-bond acceptors (Lipinski definition) is 3. The fraction of sp³-hybridized carbons (Fsp3) is 0.500. The van der Waals surface area contributed by atoms with E-state index in [-0.39, 0.29) is 12.8 Å². The second kappa shape index (κ2) is 6.51. The predicted molar refractivity (Wildman–Crippen MR) is 60.8 cm³/mol. The normalized spacial score (nSPS) is 12.5. The van der Waals surface area contributed by atoms with Gasteiger partial charge in [-0.3, -0.25) is 0 Å². The number of rotatable bonds is 6. The lowest BCUT2D eigenvalue weighted by Crippen LogP contribution is -2.21. The summed E-state index contributed by atoms with van der Waals surface area (Å²) in [5, 5.41) is 0. The van der Waals surface area contributed by atoms with E-state index in [2.05, 4.69) is 4.74 Å². The second-order valence-corrected chi connectivity index (χ2v) is 3.81. The minimum atomic E-state index is -0.736. The van der Waals surface area contributed by atoms with Crippen LogP contribution in [0.25, 0.3) is 0 Å². The Labute approximate surface area is 99.5 Å². The number of methoxy groups -OCH3 is 1. The molecule has 1 aromatic rings. The monoisotopic (exact) mass is 245 g/mol. The van der Waals surface area contributed by atoms with Gasteiger partial charge in [0.2, 0.25) is 0 Å². The van der Waals surface area contributed by atoms with Crippen LogP contribution >= 0.6 is 0 Å². The zero-order valence-corrected chi connectivity index (χ0v) is 10.0. The minimum absolute atomic E-state index is 0.0976. The van der Waals surface area contributed by atoms with Crippen LogP contribution < -0.4 is 10.5 Å². The Kier molecular flexibility index (Phi) is 5.31. The van der Waals surface area contributed by atoms with Gasteiger partial charge in [0.05, 0.1) is 0 Å². The first-order valence-corrected chi connectivity index (χ1v) is 5.43. The quantitative estimate of drug-likeness (QED) is 0.782. The predicted octanol–water partition coefficient (Wildman–Crippen LogP) is 2.23. The van der Waals surface area contributed by atoms with Gasteiger partial charge >= 0.3 is 0 Å². The molecule has 17 heavy (non-hydrogen) atoms. The summed E-state index contributed by atoms with van der Waals surface area (Å²) in [5.74, 6) is -1.89. The Balaban J connectivity index is 2.85. The van der Waals surface area contributed by atoms with Crippen molar-refractivity contribution in [3.63, 3.8) is 0 Å². The third kappa shape index (κ3) is 3.94. The molecule has 3 nitrogen and oxygen atoms in total. The molecule has 1 aromatic carbocycles. The molecule has 0 spiro atoms. The molecule has 2 N–H and O–H groups in total. The van der Waals surface area contributed by atoms with E-state index < -0.39 is 17.4 Å². The topological polar surface area (TPSA) is 44.5 Å². The summed E-state index contributed by atoms with van der Waals surface area (Å²) in [5.41, 5.74) is 6.25. The van der Waals surface area contributed by atoms with Gasteiger partial charge in [-0.1, -0.05) is 6.92 Å².